The van der Waals surface area contributed by atoms with Crippen LogP contribution in [0, 0.1) is 18.8 Å². The van der Waals surface area contributed by atoms with Gasteiger partial charge in [0.15, 0.2) is 5.13 Å². The molecule has 8 rings (SSSR count). The average molecular weight is 718 g/mol. The minimum atomic E-state index is 0. The summed E-state index contributed by atoms with van der Waals surface area (Å²) in [4.78, 5) is 13.6. The number of para-hydroxylation sites is 4. The first-order valence-electron chi connectivity index (χ1n) is 12.6. The number of hydrogen-bond acceptors (Lipinski definition) is 6. The van der Waals surface area contributed by atoms with Gasteiger partial charge in [-0.1, -0.05) is 59.3 Å². The molecule has 1 aliphatic rings. The van der Waals surface area contributed by atoms with Crippen molar-refractivity contribution in [1.82, 2.24) is 14.5 Å². The molecule has 4 aromatic carbocycles. The van der Waals surface area contributed by atoms with Crippen LogP contribution in [0.4, 0.5) is 17.1 Å². The molecule has 0 fully saturated rings. The van der Waals surface area contributed by atoms with Gasteiger partial charge in [0.2, 0.25) is 0 Å². The maximum Gasteiger partial charge on any atom is 0.193 e. The zero-order chi connectivity index (χ0) is 25.9. The molecule has 0 atom stereocenters. The van der Waals surface area contributed by atoms with Crippen LogP contribution < -0.4 is 14.5 Å². The third-order valence-corrected chi connectivity index (χ3v) is 7.99. The molecule has 0 unspecified atom stereocenters. The van der Waals surface area contributed by atoms with Crippen molar-refractivity contribution in [2.24, 2.45) is 0 Å². The summed E-state index contributed by atoms with van der Waals surface area (Å²) in [5.74, 6) is 0.947. The van der Waals surface area contributed by atoms with E-state index in [1.807, 2.05) is 56.2 Å². The summed E-state index contributed by atoms with van der Waals surface area (Å²) in [6.45, 7) is 2.04. The van der Waals surface area contributed by atoms with Gasteiger partial charge in [-0.2, -0.15) is 30.6 Å². The summed E-state index contributed by atoms with van der Waals surface area (Å²) >= 11 is 1.66. The predicted octanol–water partition coefficient (Wildman–Crippen LogP) is 7.89. The molecular formula is C32H20N5OPtS-3. The first-order valence-corrected chi connectivity index (χ1v) is 13.4. The minimum Gasteiger partial charge on any atom is -0.504 e. The number of rotatable bonds is 4. The largest absolute Gasteiger partial charge is 0.504 e. The summed E-state index contributed by atoms with van der Waals surface area (Å²) in [7, 11) is 2.03. The van der Waals surface area contributed by atoms with Crippen molar-refractivity contribution in [3.8, 4) is 16.8 Å². The molecule has 40 heavy (non-hydrogen) atoms. The Bertz CT molecular complexity index is 2000. The molecule has 0 radical (unpaired) electrons. The van der Waals surface area contributed by atoms with Crippen LogP contribution in [-0.2, 0) is 21.1 Å². The Kier molecular flexibility index (Phi) is 6.06. The van der Waals surface area contributed by atoms with Crippen LogP contribution in [-0.4, -0.2) is 21.6 Å². The van der Waals surface area contributed by atoms with Crippen LogP contribution in [0.5, 0.6) is 11.6 Å². The number of hydrogen-bond donors (Lipinski definition) is 0. The molecule has 198 valence electrons. The van der Waals surface area contributed by atoms with E-state index in [1.54, 1.807) is 17.5 Å². The number of nitrogens with zero attached hydrogens (tertiary/aromatic N) is 5. The van der Waals surface area contributed by atoms with E-state index < -0.39 is 0 Å². The first-order chi connectivity index (χ1) is 19.2. The average Bonchev–Trinajstić information content (AvgIpc) is 3.64. The van der Waals surface area contributed by atoms with E-state index in [1.165, 1.54) is 0 Å². The summed E-state index contributed by atoms with van der Waals surface area (Å²) in [5.41, 5.74) is 6.04. The molecule has 0 saturated carbocycles. The van der Waals surface area contributed by atoms with Gasteiger partial charge in [0.1, 0.15) is 5.88 Å². The molecule has 0 amide bonds. The molecule has 7 aromatic rings. The maximum atomic E-state index is 6.24. The molecule has 3 aromatic heterocycles. The first kappa shape index (κ1) is 24.8. The van der Waals surface area contributed by atoms with Gasteiger partial charge >= 0.3 is 0 Å². The molecule has 0 bridgehead atoms. The number of fused-ring (bicyclic) bond motifs is 5. The number of thiazole rings is 1. The summed E-state index contributed by atoms with van der Waals surface area (Å²) in [5, 5.41) is 3.14. The van der Waals surface area contributed by atoms with Gasteiger partial charge in [0.05, 0.1) is 10.2 Å². The Morgan fingerprint density at radius 1 is 0.825 bits per heavy atom. The molecule has 0 aliphatic carbocycles. The van der Waals surface area contributed by atoms with E-state index in [-0.39, 0.29) is 21.1 Å². The molecule has 0 N–H and O–H groups in total. The number of ether oxygens (including phenoxy) is 1. The smallest absolute Gasteiger partial charge is 0.193 e. The standard InChI is InChI=1S/C32H20N5OS.Pt/c1-35-20-36(28-12-6-5-11-27(28)35)21-16-17-33-31(18-21)38-22-14-15-24-23-8-2-4-10-26(23)37(29(24)19-22)32-34-25-9-3-7-13-30(25)39-32;/h2-17,20H,1H3;/q-3;. The van der Waals surface area contributed by atoms with Crippen molar-refractivity contribution in [2.75, 3.05) is 16.8 Å². The Morgan fingerprint density at radius 2 is 1.62 bits per heavy atom. The van der Waals surface area contributed by atoms with Gasteiger partial charge in [0, 0.05) is 43.7 Å². The normalized spacial score (nSPS) is 12.7. The Labute approximate surface area is 249 Å². The van der Waals surface area contributed by atoms with Gasteiger partial charge in [-0.3, -0.25) is 4.98 Å². The van der Waals surface area contributed by atoms with Crippen molar-refractivity contribution in [1.29, 1.82) is 0 Å². The van der Waals surface area contributed by atoms with Crippen LogP contribution in [0.25, 0.3) is 37.2 Å². The fraction of sp³-hybridized carbons (Fsp3) is 0.0312. The maximum absolute atomic E-state index is 6.24. The van der Waals surface area contributed by atoms with E-state index in [0.717, 1.165) is 54.2 Å². The molecule has 1 aliphatic heterocycles. The van der Waals surface area contributed by atoms with E-state index >= 15 is 0 Å². The summed E-state index contributed by atoms with van der Waals surface area (Å²) < 4.78 is 9.55. The van der Waals surface area contributed by atoms with Crippen molar-refractivity contribution in [2.45, 2.75) is 0 Å². The SMILES string of the molecule is CN1[CH-]N(c2[c-]c(Oc3[c-]c4c(cc3)c3ccccc3n4-c3nc4ccccc4s3)ncc2)c2ccccc21.[Pt]. The zero-order valence-corrected chi connectivity index (χ0v) is 24.3. The molecular weight excluding hydrogens is 698 g/mol. The summed E-state index contributed by atoms with van der Waals surface area (Å²) in [6, 6.07) is 37.6. The molecule has 4 heterocycles. The third kappa shape index (κ3) is 3.96. The fourth-order valence-corrected chi connectivity index (χ4v) is 6.19. The molecule has 0 spiro atoms. The molecule has 8 heteroatoms. The van der Waals surface area contributed by atoms with Gasteiger partial charge < -0.3 is 19.1 Å². The predicted molar refractivity (Wildman–Crippen MR) is 157 cm³/mol. The van der Waals surface area contributed by atoms with Crippen LogP contribution in [0.1, 0.15) is 0 Å². The summed E-state index contributed by atoms with van der Waals surface area (Å²) in [6.07, 6.45) is 1.74. The Hall–Kier alpha value is -4.19. The van der Waals surface area contributed by atoms with Crippen molar-refractivity contribution < 1.29 is 25.8 Å². The van der Waals surface area contributed by atoms with Crippen LogP contribution >= 0.6 is 11.3 Å². The fourth-order valence-electron chi connectivity index (χ4n) is 5.20. The number of anilines is 3. The van der Waals surface area contributed by atoms with Gasteiger partial charge in [-0.05, 0) is 49.0 Å². The topological polar surface area (TPSA) is 46.4 Å². The van der Waals surface area contributed by atoms with E-state index in [2.05, 4.69) is 80.0 Å². The monoisotopic (exact) mass is 717 g/mol. The van der Waals surface area contributed by atoms with Gasteiger partial charge in [-0.15, -0.1) is 17.5 Å². The van der Waals surface area contributed by atoms with Crippen molar-refractivity contribution in [3.05, 3.63) is 116 Å². The van der Waals surface area contributed by atoms with Crippen molar-refractivity contribution in [3.63, 3.8) is 0 Å². The Morgan fingerprint density at radius 3 is 2.52 bits per heavy atom. The second-order valence-electron chi connectivity index (χ2n) is 9.35. The van der Waals surface area contributed by atoms with Crippen molar-refractivity contribution >= 4 is 60.4 Å². The van der Waals surface area contributed by atoms with Crippen LogP contribution in [0.3, 0.4) is 0 Å². The zero-order valence-electron chi connectivity index (χ0n) is 21.2. The van der Waals surface area contributed by atoms with E-state index in [4.69, 9.17) is 9.72 Å². The van der Waals surface area contributed by atoms with Crippen LogP contribution in [0.2, 0.25) is 0 Å². The van der Waals surface area contributed by atoms with Crippen LogP contribution in [0.15, 0.2) is 97.2 Å². The second-order valence-corrected chi connectivity index (χ2v) is 10.4. The van der Waals surface area contributed by atoms with Gasteiger partial charge in [0.25, 0.3) is 0 Å². The number of pyridine rings is 1. The molecule has 0 saturated heterocycles. The Balaban J connectivity index is 0.00000264. The number of aromatic nitrogens is 3. The third-order valence-electron chi connectivity index (χ3n) is 6.97. The quantitative estimate of drug-likeness (QED) is 0.174. The van der Waals surface area contributed by atoms with Gasteiger partial charge in [-0.25, -0.2) is 4.98 Å². The minimum absolute atomic E-state index is 0. The molecule has 6 nitrogen and oxygen atoms in total. The second kappa shape index (κ2) is 9.77. The number of benzene rings is 4. The van der Waals surface area contributed by atoms with E-state index in [0.29, 0.717) is 11.6 Å². The van der Waals surface area contributed by atoms with E-state index in [9.17, 15) is 0 Å².